The topological polar surface area (TPSA) is 42.4 Å². The van der Waals surface area contributed by atoms with Gasteiger partial charge in [0.05, 0.1) is 24.5 Å². The van der Waals surface area contributed by atoms with Crippen LogP contribution in [0.4, 0.5) is 0 Å². The molecule has 1 amide bonds. The molecule has 0 saturated carbocycles. The zero-order valence-electron chi connectivity index (χ0n) is 8.33. The lowest BCUT2D eigenvalue weighted by Crippen LogP contribution is -2.40. The summed E-state index contributed by atoms with van der Waals surface area (Å²) in [4.78, 5) is 13.8. The van der Waals surface area contributed by atoms with E-state index in [4.69, 9.17) is 16.3 Å². The Morgan fingerprint density at radius 1 is 1.53 bits per heavy atom. The molecule has 0 bridgehead atoms. The van der Waals surface area contributed by atoms with E-state index in [9.17, 15) is 4.79 Å². The molecule has 0 spiro atoms. The highest BCUT2D eigenvalue weighted by Gasteiger charge is 2.24. The number of rotatable bonds is 1. The van der Waals surface area contributed by atoms with Gasteiger partial charge >= 0.3 is 0 Å². The van der Waals surface area contributed by atoms with Gasteiger partial charge in [0.1, 0.15) is 4.34 Å². The summed E-state index contributed by atoms with van der Waals surface area (Å²) in [6.07, 6.45) is 0. The van der Waals surface area contributed by atoms with Gasteiger partial charge in [-0.05, 0) is 18.5 Å². The lowest BCUT2D eigenvalue weighted by atomic mass is 10.2. The zero-order valence-corrected chi connectivity index (χ0v) is 9.90. The highest BCUT2D eigenvalue weighted by atomic mass is 35.5. The molecule has 0 unspecified atom stereocenters. The Hall–Kier alpha value is -0.650. The molecule has 0 N–H and O–H groups in total. The maximum Gasteiger partial charge on any atom is 0.258 e. The second-order valence-corrected chi connectivity index (χ2v) is 4.70. The molecule has 2 rings (SSSR count). The number of aryl methyl sites for hydroxylation is 1. The monoisotopic (exact) mass is 246 g/mol. The maximum atomic E-state index is 12.1. The highest BCUT2D eigenvalue weighted by molar-refractivity contribution is 7.11. The van der Waals surface area contributed by atoms with Crippen LogP contribution in [0.2, 0.25) is 4.34 Å². The minimum atomic E-state index is -0.0328. The molecule has 0 aliphatic carbocycles. The number of carbonyl (C=O) groups excluding carboxylic acids is 1. The van der Waals surface area contributed by atoms with Crippen molar-refractivity contribution in [2.45, 2.75) is 6.92 Å². The number of nitrogens with zero attached hydrogens (tertiary/aromatic N) is 2. The van der Waals surface area contributed by atoms with Crippen molar-refractivity contribution < 1.29 is 9.53 Å². The Bertz CT molecular complexity index is 355. The van der Waals surface area contributed by atoms with Crippen LogP contribution < -0.4 is 0 Å². The van der Waals surface area contributed by atoms with Crippen LogP contribution in [0.25, 0.3) is 0 Å². The number of aromatic nitrogens is 1. The van der Waals surface area contributed by atoms with Crippen molar-refractivity contribution in [3.63, 3.8) is 0 Å². The van der Waals surface area contributed by atoms with Crippen molar-refractivity contribution in [3.8, 4) is 0 Å². The summed E-state index contributed by atoms with van der Waals surface area (Å²) in [6, 6.07) is 0. The van der Waals surface area contributed by atoms with Gasteiger partial charge in [-0.3, -0.25) is 4.79 Å². The Morgan fingerprint density at radius 2 is 2.20 bits per heavy atom. The predicted octanol–water partition coefficient (Wildman–Crippen LogP) is 1.58. The van der Waals surface area contributed by atoms with E-state index in [1.165, 1.54) is 0 Å². The quantitative estimate of drug-likeness (QED) is 0.756. The normalized spacial score (nSPS) is 16.8. The molecule has 1 aromatic heterocycles. The minimum Gasteiger partial charge on any atom is -0.378 e. The molecular formula is C9H11ClN2O2S. The van der Waals surface area contributed by atoms with Gasteiger partial charge in [-0.25, -0.2) is 0 Å². The van der Waals surface area contributed by atoms with Crippen LogP contribution in [0.1, 0.15) is 16.1 Å². The molecule has 0 atom stereocenters. The first kappa shape index (κ1) is 10.9. The fraction of sp³-hybridized carbons (Fsp3) is 0.556. The van der Waals surface area contributed by atoms with Crippen molar-refractivity contribution in [1.29, 1.82) is 0 Å². The number of ether oxygens (including phenoxy) is 1. The Labute approximate surface area is 97.0 Å². The van der Waals surface area contributed by atoms with Crippen molar-refractivity contribution in [1.82, 2.24) is 9.27 Å². The standard InChI is InChI=1S/C9H11ClN2O2S/c1-6-7(8(10)15-11-6)9(13)12-2-4-14-5-3-12/h2-5H2,1H3. The molecule has 1 aromatic rings. The second-order valence-electron chi connectivity index (χ2n) is 3.32. The van der Waals surface area contributed by atoms with Crippen LogP contribution in [-0.2, 0) is 4.74 Å². The van der Waals surface area contributed by atoms with Crippen molar-refractivity contribution in [2.75, 3.05) is 26.3 Å². The summed E-state index contributed by atoms with van der Waals surface area (Å²) in [6.45, 7) is 4.25. The Kier molecular flexibility index (Phi) is 3.23. The third-order valence-corrected chi connectivity index (χ3v) is 3.46. The van der Waals surface area contributed by atoms with Gasteiger partial charge in [0, 0.05) is 13.1 Å². The number of hydrogen-bond donors (Lipinski definition) is 0. The zero-order chi connectivity index (χ0) is 10.8. The summed E-state index contributed by atoms with van der Waals surface area (Å²) in [5, 5.41) is 0. The van der Waals surface area contributed by atoms with Gasteiger partial charge < -0.3 is 9.64 Å². The largest absolute Gasteiger partial charge is 0.378 e. The van der Waals surface area contributed by atoms with E-state index >= 15 is 0 Å². The van der Waals surface area contributed by atoms with Crippen LogP contribution in [0.15, 0.2) is 0 Å². The highest BCUT2D eigenvalue weighted by Crippen LogP contribution is 2.25. The lowest BCUT2D eigenvalue weighted by molar-refractivity contribution is 0.0302. The van der Waals surface area contributed by atoms with E-state index in [2.05, 4.69) is 4.37 Å². The first-order valence-corrected chi connectivity index (χ1v) is 5.84. The van der Waals surface area contributed by atoms with Crippen molar-refractivity contribution >= 4 is 29.0 Å². The van der Waals surface area contributed by atoms with E-state index in [1.807, 2.05) is 0 Å². The first-order valence-electron chi connectivity index (χ1n) is 4.69. The number of halogens is 1. The average molecular weight is 247 g/mol. The summed E-state index contributed by atoms with van der Waals surface area (Å²) in [5.41, 5.74) is 1.25. The summed E-state index contributed by atoms with van der Waals surface area (Å²) in [7, 11) is 0. The van der Waals surface area contributed by atoms with E-state index in [-0.39, 0.29) is 5.91 Å². The van der Waals surface area contributed by atoms with E-state index in [0.717, 1.165) is 11.5 Å². The summed E-state index contributed by atoms with van der Waals surface area (Å²) in [5.74, 6) is -0.0328. The molecule has 6 heteroatoms. The Morgan fingerprint density at radius 3 is 2.73 bits per heavy atom. The molecule has 82 valence electrons. The molecule has 4 nitrogen and oxygen atoms in total. The summed E-state index contributed by atoms with van der Waals surface area (Å²) >= 11 is 7.10. The SMILES string of the molecule is Cc1nsc(Cl)c1C(=O)N1CCOCC1. The third-order valence-electron chi connectivity index (χ3n) is 2.33. The number of hydrogen-bond acceptors (Lipinski definition) is 4. The first-order chi connectivity index (χ1) is 7.20. The van der Waals surface area contributed by atoms with Gasteiger partial charge in [-0.1, -0.05) is 11.6 Å². The molecule has 2 heterocycles. The molecule has 1 saturated heterocycles. The number of amides is 1. The molecule has 0 radical (unpaired) electrons. The van der Waals surface area contributed by atoms with E-state index in [1.54, 1.807) is 11.8 Å². The molecular weight excluding hydrogens is 236 g/mol. The van der Waals surface area contributed by atoms with Crippen LogP contribution in [0, 0.1) is 6.92 Å². The number of carbonyl (C=O) groups is 1. The average Bonchev–Trinajstić information content (AvgIpc) is 2.59. The van der Waals surface area contributed by atoms with Crippen LogP contribution in [0.5, 0.6) is 0 Å². The van der Waals surface area contributed by atoms with Crippen molar-refractivity contribution in [3.05, 3.63) is 15.6 Å². The fourth-order valence-electron chi connectivity index (χ4n) is 1.51. The Balaban J connectivity index is 2.19. The molecule has 1 fully saturated rings. The van der Waals surface area contributed by atoms with Crippen LogP contribution in [0.3, 0.4) is 0 Å². The molecule has 1 aliphatic heterocycles. The van der Waals surface area contributed by atoms with Crippen molar-refractivity contribution in [2.24, 2.45) is 0 Å². The molecule has 0 aromatic carbocycles. The molecule has 1 aliphatic rings. The van der Waals surface area contributed by atoms with Gasteiger partial charge in [0.15, 0.2) is 0 Å². The van der Waals surface area contributed by atoms with Crippen LogP contribution in [-0.4, -0.2) is 41.5 Å². The van der Waals surface area contributed by atoms with Gasteiger partial charge in [-0.2, -0.15) is 4.37 Å². The predicted molar refractivity (Wildman–Crippen MR) is 58.6 cm³/mol. The minimum absolute atomic E-state index is 0.0328. The van der Waals surface area contributed by atoms with E-state index in [0.29, 0.717) is 41.9 Å². The van der Waals surface area contributed by atoms with Gasteiger partial charge in [-0.15, -0.1) is 0 Å². The van der Waals surface area contributed by atoms with Gasteiger partial charge in [0.25, 0.3) is 5.91 Å². The van der Waals surface area contributed by atoms with Gasteiger partial charge in [0.2, 0.25) is 0 Å². The fourth-order valence-corrected chi connectivity index (χ4v) is 2.46. The number of morpholine rings is 1. The summed E-state index contributed by atoms with van der Waals surface area (Å²) < 4.78 is 9.73. The third kappa shape index (κ3) is 2.14. The van der Waals surface area contributed by atoms with E-state index < -0.39 is 0 Å². The maximum absolute atomic E-state index is 12.1. The lowest BCUT2D eigenvalue weighted by Gasteiger charge is -2.26. The molecule has 15 heavy (non-hydrogen) atoms. The smallest absolute Gasteiger partial charge is 0.258 e. The van der Waals surface area contributed by atoms with Crippen LogP contribution >= 0.6 is 23.1 Å². The second kappa shape index (κ2) is 4.47.